The summed E-state index contributed by atoms with van der Waals surface area (Å²) in [7, 11) is -3.63. The summed E-state index contributed by atoms with van der Waals surface area (Å²) in [5.41, 5.74) is 9.16. The summed E-state index contributed by atoms with van der Waals surface area (Å²) >= 11 is 0. The molecule has 1 atom stereocenters. The van der Waals surface area contributed by atoms with Gasteiger partial charge in [0.2, 0.25) is 5.69 Å². The van der Waals surface area contributed by atoms with Crippen molar-refractivity contribution in [3.05, 3.63) is 237 Å². The molecular formula is C57H51N3OP+. The second-order valence-electron chi connectivity index (χ2n) is 15.9. The van der Waals surface area contributed by atoms with E-state index in [0.717, 1.165) is 74.9 Å². The zero-order valence-corrected chi connectivity index (χ0v) is 36.3. The van der Waals surface area contributed by atoms with Gasteiger partial charge >= 0.3 is 0 Å². The number of aromatic nitrogens is 1. The van der Waals surface area contributed by atoms with Crippen LogP contribution in [-0.2, 0) is 16.5 Å². The van der Waals surface area contributed by atoms with Crippen LogP contribution in [-0.4, -0.2) is 0 Å². The van der Waals surface area contributed by atoms with E-state index in [4.69, 9.17) is 0 Å². The van der Waals surface area contributed by atoms with Gasteiger partial charge in [-0.1, -0.05) is 142 Å². The van der Waals surface area contributed by atoms with Crippen LogP contribution >= 0.6 is 7.14 Å². The number of pyridine rings is 1. The van der Waals surface area contributed by atoms with Crippen molar-refractivity contribution in [1.82, 2.24) is 0 Å². The molecule has 1 aliphatic heterocycles. The highest BCUT2D eigenvalue weighted by Gasteiger charge is 2.45. The van der Waals surface area contributed by atoms with E-state index in [0.29, 0.717) is 0 Å². The summed E-state index contributed by atoms with van der Waals surface area (Å²) in [5, 5.41) is 4.66. The predicted octanol–water partition coefficient (Wildman–Crippen LogP) is 13.4. The van der Waals surface area contributed by atoms with Gasteiger partial charge in [-0.2, -0.15) is 4.57 Å². The minimum Gasteiger partial charge on any atom is -0.311 e. The summed E-state index contributed by atoms with van der Waals surface area (Å²) in [6, 6.07) is 65.1. The molecule has 0 saturated heterocycles. The molecule has 4 nitrogen and oxygen atoms in total. The van der Waals surface area contributed by atoms with Crippen LogP contribution in [0.1, 0.15) is 32.3 Å². The quantitative estimate of drug-likeness (QED) is 0.0658. The van der Waals surface area contributed by atoms with Gasteiger partial charge < -0.3 is 14.4 Å². The SMILES string of the molecule is C=CC=C(C=C)N(c1ccccc1)c1cccc(P(=O)(c2cccc(N(c3ccccc3)c3ccccc3)c2)c2ccc3c(c2)-c2c4ccccc4cc[n+]2C(CC)(CC)C3)c1. The zero-order chi connectivity index (χ0) is 42.7. The maximum Gasteiger partial charge on any atom is 0.221 e. The Morgan fingerprint density at radius 3 is 1.77 bits per heavy atom. The van der Waals surface area contributed by atoms with E-state index in [1.165, 1.54) is 22.0 Å². The van der Waals surface area contributed by atoms with Crippen LogP contribution < -0.4 is 30.3 Å². The smallest absolute Gasteiger partial charge is 0.221 e. The van der Waals surface area contributed by atoms with E-state index in [2.05, 4.69) is 181 Å². The molecule has 9 rings (SSSR count). The molecule has 0 saturated carbocycles. The number of fused-ring (bicyclic) bond motifs is 5. The number of rotatable bonds is 13. The lowest BCUT2D eigenvalue weighted by atomic mass is 9.78. The monoisotopic (exact) mass is 824 g/mol. The highest BCUT2D eigenvalue weighted by atomic mass is 31.2. The number of hydrogen-bond donors (Lipinski definition) is 0. The van der Waals surface area contributed by atoms with Crippen molar-refractivity contribution in [2.24, 2.45) is 0 Å². The van der Waals surface area contributed by atoms with Crippen molar-refractivity contribution in [2.75, 3.05) is 9.80 Å². The Morgan fingerprint density at radius 1 is 0.613 bits per heavy atom. The van der Waals surface area contributed by atoms with Gasteiger partial charge in [-0.25, -0.2) is 0 Å². The third-order valence-electron chi connectivity index (χ3n) is 12.6. The molecule has 1 aromatic heterocycles. The molecule has 0 bridgehead atoms. The first-order chi connectivity index (χ1) is 30.4. The van der Waals surface area contributed by atoms with Crippen molar-refractivity contribution in [2.45, 2.75) is 38.6 Å². The van der Waals surface area contributed by atoms with Gasteiger partial charge in [0.25, 0.3) is 0 Å². The summed E-state index contributed by atoms with van der Waals surface area (Å²) in [4.78, 5) is 4.38. The van der Waals surface area contributed by atoms with Gasteiger partial charge in [-0.15, -0.1) is 0 Å². The Bertz CT molecular complexity index is 2950. The Morgan fingerprint density at radius 2 is 1.16 bits per heavy atom. The molecule has 0 aliphatic carbocycles. The van der Waals surface area contributed by atoms with Crippen molar-refractivity contribution in [3.63, 3.8) is 0 Å². The molecule has 1 unspecified atom stereocenters. The number of nitrogens with zero attached hydrogens (tertiary/aromatic N) is 3. The van der Waals surface area contributed by atoms with Gasteiger partial charge in [-0.3, -0.25) is 0 Å². The van der Waals surface area contributed by atoms with Gasteiger partial charge in [-0.05, 0) is 95.9 Å². The lowest BCUT2D eigenvalue weighted by Gasteiger charge is -2.34. The average molecular weight is 825 g/mol. The maximum absolute atomic E-state index is 17.1. The van der Waals surface area contributed by atoms with Crippen LogP contribution in [0.2, 0.25) is 0 Å². The van der Waals surface area contributed by atoms with E-state index in [-0.39, 0.29) is 5.54 Å². The maximum atomic E-state index is 17.1. The molecule has 304 valence electrons. The Kier molecular flexibility index (Phi) is 11.2. The van der Waals surface area contributed by atoms with Gasteiger partial charge in [0.15, 0.2) is 18.9 Å². The molecular weight excluding hydrogens is 774 g/mol. The molecule has 0 spiro atoms. The van der Waals surface area contributed by atoms with Crippen LogP contribution in [0, 0.1) is 0 Å². The number of anilines is 5. The van der Waals surface area contributed by atoms with Crippen LogP contribution in [0.3, 0.4) is 0 Å². The summed E-state index contributed by atoms with van der Waals surface area (Å²) in [6.45, 7) is 12.8. The standard InChI is InChI=1S/C57H51N3OP/c1-5-22-45(6-2)59(46-24-12-9-13-25-46)49-30-20-32-51(39-49)62(61,52-33-21-31-50(40-52)60(47-26-14-10-15-27-47)48-28-16-11-17-29-48)53-36-35-44-42-57(7-3,8-4)58-38-37-43-23-18-19-34-54(43)56(58)55(44)41-53/h5-6,9-41H,1-2,7-8,42H2,3-4H3/q+1. The topological polar surface area (TPSA) is 27.4 Å². The molecule has 0 N–H and O–H groups in total. The van der Waals surface area contributed by atoms with Crippen molar-refractivity contribution < 1.29 is 9.13 Å². The van der Waals surface area contributed by atoms with E-state index in [1.807, 2.05) is 66.7 Å². The number of para-hydroxylation sites is 3. The normalized spacial score (nSPS) is 13.9. The molecule has 1 aliphatic rings. The van der Waals surface area contributed by atoms with E-state index < -0.39 is 7.14 Å². The summed E-state index contributed by atoms with van der Waals surface area (Å²) < 4.78 is 19.7. The first kappa shape index (κ1) is 40.4. The second-order valence-corrected chi connectivity index (χ2v) is 18.7. The van der Waals surface area contributed by atoms with Crippen molar-refractivity contribution in [1.29, 1.82) is 0 Å². The van der Waals surface area contributed by atoms with Gasteiger partial charge in [0.1, 0.15) is 0 Å². The first-order valence-electron chi connectivity index (χ1n) is 21.5. The predicted molar refractivity (Wildman–Crippen MR) is 263 cm³/mol. The third-order valence-corrected chi connectivity index (χ3v) is 15.6. The van der Waals surface area contributed by atoms with Gasteiger partial charge in [0.05, 0.1) is 10.9 Å². The van der Waals surface area contributed by atoms with Crippen LogP contribution in [0.25, 0.3) is 22.0 Å². The Hall–Kier alpha value is -7.00. The van der Waals surface area contributed by atoms with Gasteiger partial charge in [0, 0.05) is 75.4 Å². The minimum atomic E-state index is -3.63. The average Bonchev–Trinajstić information content (AvgIpc) is 3.34. The zero-order valence-electron chi connectivity index (χ0n) is 35.4. The van der Waals surface area contributed by atoms with Crippen molar-refractivity contribution >= 4 is 62.3 Å². The number of hydrogen-bond acceptors (Lipinski definition) is 3. The lowest BCUT2D eigenvalue weighted by molar-refractivity contribution is -0.757. The van der Waals surface area contributed by atoms with Crippen molar-refractivity contribution in [3.8, 4) is 11.3 Å². The van der Waals surface area contributed by atoms with Crippen LogP contribution in [0.4, 0.5) is 28.4 Å². The molecule has 7 aromatic carbocycles. The third kappa shape index (κ3) is 7.11. The molecule has 62 heavy (non-hydrogen) atoms. The summed E-state index contributed by atoms with van der Waals surface area (Å²) in [5.74, 6) is 0. The second kappa shape index (κ2) is 17.2. The summed E-state index contributed by atoms with van der Waals surface area (Å²) in [6.07, 6.45) is 10.7. The highest BCUT2D eigenvalue weighted by molar-refractivity contribution is 7.85. The fourth-order valence-corrected chi connectivity index (χ4v) is 12.1. The lowest BCUT2D eigenvalue weighted by Crippen LogP contribution is -2.60. The fraction of sp³-hybridized carbons (Fsp3) is 0.105. The number of allylic oxidation sites excluding steroid dienone is 3. The molecule has 0 radical (unpaired) electrons. The van der Waals surface area contributed by atoms with E-state index in [1.54, 1.807) is 6.08 Å². The minimum absolute atomic E-state index is 0.0682. The van der Waals surface area contributed by atoms with Crippen LogP contribution in [0.15, 0.2) is 231 Å². The van der Waals surface area contributed by atoms with E-state index >= 15 is 4.57 Å². The molecule has 8 aromatic rings. The largest absolute Gasteiger partial charge is 0.311 e. The van der Waals surface area contributed by atoms with Crippen LogP contribution in [0.5, 0.6) is 0 Å². The molecule has 0 fully saturated rings. The first-order valence-corrected chi connectivity index (χ1v) is 23.2. The molecule has 2 heterocycles. The number of benzene rings is 7. The van der Waals surface area contributed by atoms with E-state index in [9.17, 15) is 0 Å². The molecule has 5 heteroatoms. The fourth-order valence-electron chi connectivity index (χ4n) is 9.39. The molecule has 0 amide bonds. The Balaban J connectivity index is 1.31. The Labute approximate surface area is 366 Å². The highest BCUT2D eigenvalue weighted by Crippen LogP contribution is 2.48.